The maximum absolute atomic E-state index is 13.1. The minimum absolute atomic E-state index is 0.00339. The molecule has 0 radical (unpaired) electrons. The quantitative estimate of drug-likeness (QED) is 0.930. The van der Waals surface area contributed by atoms with Crippen molar-refractivity contribution in [1.29, 1.82) is 0 Å². The van der Waals surface area contributed by atoms with Gasteiger partial charge >= 0.3 is 0 Å². The van der Waals surface area contributed by atoms with Gasteiger partial charge in [0.15, 0.2) is 0 Å². The number of carbonyl (C=O) groups excluding carboxylic acids is 1. The molecule has 2 aliphatic rings. The molecule has 0 bridgehead atoms. The third kappa shape index (κ3) is 3.10. The summed E-state index contributed by atoms with van der Waals surface area (Å²) in [6, 6.07) is 2.23. The first kappa shape index (κ1) is 16.4. The topological polar surface area (TPSA) is 68.9 Å². The van der Waals surface area contributed by atoms with Crippen molar-refractivity contribution in [2.45, 2.75) is 77.4 Å². The summed E-state index contributed by atoms with van der Waals surface area (Å²) in [6.07, 6.45) is 8.60. The van der Waals surface area contributed by atoms with Gasteiger partial charge in [-0.1, -0.05) is 19.3 Å². The van der Waals surface area contributed by atoms with Gasteiger partial charge in [-0.3, -0.25) is 14.2 Å². The number of hydrogen-bond acceptors (Lipinski definition) is 3. The van der Waals surface area contributed by atoms with Crippen LogP contribution in [0.3, 0.4) is 0 Å². The van der Waals surface area contributed by atoms with Crippen LogP contribution in [-0.2, 0) is 24.3 Å². The van der Waals surface area contributed by atoms with Gasteiger partial charge in [-0.2, -0.15) is 0 Å². The molecule has 0 unspecified atom stereocenters. The Bertz CT molecular complexity index is 858. The van der Waals surface area contributed by atoms with Gasteiger partial charge in [0, 0.05) is 24.7 Å². The number of nitrogens with one attached hydrogen (secondary N) is 1. The highest BCUT2D eigenvalue weighted by Gasteiger charge is 2.21. The molecule has 6 heteroatoms. The van der Waals surface area contributed by atoms with Crippen LogP contribution in [0.15, 0.2) is 10.9 Å². The number of hydrogen-bond donors (Lipinski definition) is 1. The van der Waals surface area contributed by atoms with Crippen molar-refractivity contribution in [3.8, 4) is 0 Å². The van der Waals surface area contributed by atoms with E-state index in [9.17, 15) is 9.59 Å². The maximum atomic E-state index is 13.1. The van der Waals surface area contributed by atoms with E-state index in [1.807, 2.05) is 22.1 Å². The van der Waals surface area contributed by atoms with E-state index in [-0.39, 0.29) is 18.0 Å². The molecule has 1 fully saturated rings. The molecule has 1 saturated carbocycles. The zero-order valence-corrected chi connectivity index (χ0v) is 14.9. The van der Waals surface area contributed by atoms with Crippen molar-refractivity contribution >= 4 is 16.9 Å². The van der Waals surface area contributed by atoms with E-state index in [1.165, 1.54) is 12.8 Å². The van der Waals surface area contributed by atoms with Gasteiger partial charge in [0.1, 0.15) is 17.9 Å². The van der Waals surface area contributed by atoms with Crippen LogP contribution in [-0.4, -0.2) is 26.1 Å². The molecule has 0 aromatic carbocycles. The molecule has 1 amide bonds. The van der Waals surface area contributed by atoms with Crippen molar-refractivity contribution in [3.05, 3.63) is 27.9 Å². The standard InChI is InChI=1S/C19H26N4O2/c1-13-11-15-18(19(25)22-10-6-2-3-9-16(22)21-15)23(13)12-17(24)20-14-7-4-5-8-14/h11,14H,2-10,12H2,1H3,(H,20,24). The highest BCUT2D eigenvalue weighted by molar-refractivity contribution is 5.81. The number of rotatable bonds is 3. The molecule has 3 heterocycles. The molecular formula is C19H26N4O2. The average molecular weight is 342 g/mol. The lowest BCUT2D eigenvalue weighted by atomic mass is 10.2. The molecule has 2 aromatic heterocycles. The smallest absolute Gasteiger partial charge is 0.278 e. The van der Waals surface area contributed by atoms with Gasteiger partial charge in [0.25, 0.3) is 5.56 Å². The zero-order valence-electron chi connectivity index (χ0n) is 14.9. The second-order valence-corrected chi connectivity index (χ2v) is 7.45. The molecular weight excluding hydrogens is 316 g/mol. The van der Waals surface area contributed by atoms with E-state index in [0.717, 1.165) is 62.1 Å². The molecule has 0 atom stereocenters. The molecule has 25 heavy (non-hydrogen) atoms. The summed E-state index contributed by atoms with van der Waals surface area (Å²) in [5.41, 5.74) is 2.22. The lowest BCUT2D eigenvalue weighted by Gasteiger charge is -2.14. The summed E-state index contributed by atoms with van der Waals surface area (Å²) in [7, 11) is 0. The van der Waals surface area contributed by atoms with Gasteiger partial charge in [0.2, 0.25) is 5.91 Å². The molecule has 1 N–H and O–H groups in total. The number of nitrogens with zero attached hydrogens (tertiary/aromatic N) is 3. The first-order valence-corrected chi connectivity index (χ1v) is 9.52. The zero-order chi connectivity index (χ0) is 17.4. The van der Waals surface area contributed by atoms with Crippen molar-refractivity contribution in [3.63, 3.8) is 0 Å². The molecule has 2 aromatic rings. The number of carbonyl (C=O) groups is 1. The fraction of sp³-hybridized carbons (Fsp3) is 0.632. The van der Waals surface area contributed by atoms with E-state index < -0.39 is 0 Å². The molecule has 0 spiro atoms. The Labute approximate surface area is 147 Å². The largest absolute Gasteiger partial charge is 0.352 e. The monoisotopic (exact) mass is 342 g/mol. The Morgan fingerprint density at radius 1 is 1.24 bits per heavy atom. The summed E-state index contributed by atoms with van der Waals surface area (Å²) in [6.45, 7) is 2.87. The third-order valence-corrected chi connectivity index (χ3v) is 5.60. The predicted molar refractivity (Wildman–Crippen MR) is 96.7 cm³/mol. The number of aromatic nitrogens is 3. The lowest BCUT2D eigenvalue weighted by Crippen LogP contribution is -2.36. The normalized spacial score (nSPS) is 18.3. The van der Waals surface area contributed by atoms with Crippen LogP contribution in [0.25, 0.3) is 11.0 Å². The van der Waals surface area contributed by atoms with Crippen molar-refractivity contribution in [2.24, 2.45) is 0 Å². The van der Waals surface area contributed by atoms with Crippen LogP contribution >= 0.6 is 0 Å². The Balaban J connectivity index is 1.68. The summed E-state index contributed by atoms with van der Waals surface area (Å²) >= 11 is 0. The predicted octanol–water partition coefficient (Wildman–Crippen LogP) is 2.29. The van der Waals surface area contributed by atoms with Crippen LogP contribution in [0.4, 0.5) is 0 Å². The SMILES string of the molecule is Cc1cc2nc3n(c(=O)c2n1CC(=O)NC1CCCC1)CCCCC3. The summed E-state index contributed by atoms with van der Waals surface area (Å²) in [5.74, 6) is 0.884. The van der Waals surface area contributed by atoms with Gasteiger partial charge in [-0.25, -0.2) is 4.98 Å². The molecule has 0 saturated heterocycles. The van der Waals surface area contributed by atoms with Crippen molar-refractivity contribution in [2.75, 3.05) is 0 Å². The Morgan fingerprint density at radius 2 is 2.04 bits per heavy atom. The fourth-order valence-corrected chi connectivity index (χ4v) is 4.26. The summed E-state index contributed by atoms with van der Waals surface area (Å²) in [4.78, 5) is 30.3. The van der Waals surface area contributed by atoms with E-state index in [4.69, 9.17) is 4.98 Å². The molecule has 6 nitrogen and oxygen atoms in total. The van der Waals surface area contributed by atoms with Crippen LogP contribution in [0.1, 0.15) is 56.5 Å². The summed E-state index contributed by atoms with van der Waals surface area (Å²) < 4.78 is 3.66. The molecule has 4 rings (SSSR count). The van der Waals surface area contributed by atoms with Gasteiger partial charge in [-0.05, 0) is 38.7 Å². The number of fused-ring (bicyclic) bond motifs is 2. The Kier molecular flexibility index (Phi) is 4.36. The maximum Gasteiger partial charge on any atom is 0.278 e. The highest BCUT2D eigenvalue weighted by Crippen LogP contribution is 2.20. The van der Waals surface area contributed by atoms with Crippen LogP contribution in [0, 0.1) is 6.92 Å². The van der Waals surface area contributed by atoms with E-state index in [0.29, 0.717) is 11.6 Å². The van der Waals surface area contributed by atoms with Crippen LogP contribution in [0.5, 0.6) is 0 Å². The average Bonchev–Trinajstić information content (AvgIpc) is 3.10. The van der Waals surface area contributed by atoms with Gasteiger partial charge in [-0.15, -0.1) is 0 Å². The van der Waals surface area contributed by atoms with E-state index in [1.54, 1.807) is 0 Å². The molecule has 134 valence electrons. The molecule has 1 aliphatic carbocycles. The van der Waals surface area contributed by atoms with Gasteiger partial charge in [0.05, 0.1) is 5.52 Å². The fourth-order valence-electron chi connectivity index (χ4n) is 4.26. The van der Waals surface area contributed by atoms with E-state index >= 15 is 0 Å². The van der Waals surface area contributed by atoms with Gasteiger partial charge < -0.3 is 9.88 Å². The second kappa shape index (κ2) is 6.65. The van der Waals surface area contributed by atoms with Crippen molar-refractivity contribution < 1.29 is 4.79 Å². The highest BCUT2D eigenvalue weighted by atomic mass is 16.2. The minimum Gasteiger partial charge on any atom is -0.352 e. The Hall–Kier alpha value is -2.11. The second-order valence-electron chi connectivity index (χ2n) is 7.45. The lowest BCUT2D eigenvalue weighted by molar-refractivity contribution is -0.122. The summed E-state index contributed by atoms with van der Waals surface area (Å²) in [5, 5.41) is 3.11. The Morgan fingerprint density at radius 3 is 2.84 bits per heavy atom. The first-order chi connectivity index (χ1) is 12.1. The molecule has 1 aliphatic heterocycles. The number of amides is 1. The van der Waals surface area contributed by atoms with Crippen molar-refractivity contribution in [1.82, 2.24) is 19.4 Å². The number of aryl methyl sites for hydroxylation is 2. The third-order valence-electron chi connectivity index (χ3n) is 5.60. The van der Waals surface area contributed by atoms with Crippen LogP contribution < -0.4 is 10.9 Å². The van der Waals surface area contributed by atoms with E-state index in [2.05, 4.69) is 5.32 Å². The van der Waals surface area contributed by atoms with Crippen LogP contribution in [0.2, 0.25) is 0 Å². The first-order valence-electron chi connectivity index (χ1n) is 9.52. The minimum atomic E-state index is -0.00755.